The summed E-state index contributed by atoms with van der Waals surface area (Å²) >= 11 is 0. The number of hydrogen-bond donors (Lipinski definition) is 2. The molecule has 7 heteroatoms. The highest BCUT2D eigenvalue weighted by Gasteiger charge is 2.13. The fraction of sp³-hybridized carbons (Fsp3) is 0.200. The van der Waals surface area contributed by atoms with E-state index in [9.17, 15) is 14.0 Å². The Kier molecular flexibility index (Phi) is 7.08. The van der Waals surface area contributed by atoms with Gasteiger partial charge in [-0.25, -0.2) is 10.2 Å². The van der Waals surface area contributed by atoms with Crippen molar-refractivity contribution in [2.75, 3.05) is 7.11 Å². The maximum Gasteiger partial charge on any atom is 0.187 e. The number of ether oxygens (including phenoxy) is 1. The van der Waals surface area contributed by atoms with Crippen LogP contribution in [-0.4, -0.2) is 23.7 Å². The second kappa shape index (κ2) is 9.49. The van der Waals surface area contributed by atoms with Crippen molar-refractivity contribution in [1.82, 2.24) is 5.01 Å². The van der Waals surface area contributed by atoms with Gasteiger partial charge in [-0.05, 0) is 35.4 Å². The van der Waals surface area contributed by atoms with E-state index < -0.39 is 5.78 Å². The first kappa shape index (κ1) is 20.1. The minimum absolute atomic E-state index is 0.0392. The van der Waals surface area contributed by atoms with Crippen molar-refractivity contribution in [3.05, 3.63) is 77.4 Å². The third-order valence-corrected chi connectivity index (χ3v) is 3.82. The lowest BCUT2D eigenvalue weighted by atomic mass is 10.0. The Hall–Kier alpha value is -3.19. The van der Waals surface area contributed by atoms with Crippen LogP contribution in [0.2, 0.25) is 0 Å². The van der Waals surface area contributed by atoms with E-state index in [0.29, 0.717) is 12.1 Å². The summed E-state index contributed by atoms with van der Waals surface area (Å²) in [5, 5.41) is 1.28. The molecule has 0 spiro atoms. The standard InChI is InChI=1S/C20H22FN3O3/c1-27-18-8-4-15(5-9-18)12-24(23)13-19(22)20(26)11-17(25)10-14-2-6-16(21)7-3-14/h2-9,13H,10-12,22-23H2,1H3/b19-13-. The van der Waals surface area contributed by atoms with Crippen LogP contribution in [0.1, 0.15) is 17.5 Å². The molecule has 2 rings (SSSR count). The number of carbonyl (C=O) groups excluding carboxylic acids is 2. The Morgan fingerprint density at radius 3 is 2.26 bits per heavy atom. The number of nitrogens with two attached hydrogens (primary N) is 2. The van der Waals surface area contributed by atoms with Crippen molar-refractivity contribution < 1.29 is 18.7 Å². The molecule has 2 aromatic carbocycles. The summed E-state index contributed by atoms with van der Waals surface area (Å²) in [5.41, 5.74) is 7.19. The van der Waals surface area contributed by atoms with Gasteiger partial charge in [-0.2, -0.15) is 0 Å². The Bertz CT molecular complexity index is 817. The molecule has 2 aromatic rings. The molecule has 0 heterocycles. The molecule has 0 bridgehead atoms. The van der Waals surface area contributed by atoms with Gasteiger partial charge in [0.2, 0.25) is 0 Å². The number of ketones is 2. The maximum atomic E-state index is 12.9. The molecule has 142 valence electrons. The summed E-state index contributed by atoms with van der Waals surface area (Å²) in [4.78, 5) is 24.1. The van der Waals surface area contributed by atoms with Crippen molar-refractivity contribution in [2.45, 2.75) is 19.4 Å². The molecule has 0 saturated carbocycles. The smallest absolute Gasteiger partial charge is 0.187 e. The molecule has 0 unspecified atom stereocenters. The van der Waals surface area contributed by atoms with Gasteiger partial charge in [0, 0.05) is 12.6 Å². The van der Waals surface area contributed by atoms with E-state index in [1.807, 2.05) is 12.1 Å². The fourth-order valence-corrected chi connectivity index (χ4v) is 2.41. The number of nitrogens with zero attached hydrogens (tertiary/aromatic N) is 1. The number of carbonyl (C=O) groups is 2. The highest BCUT2D eigenvalue weighted by atomic mass is 19.1. The lowest BCUT2D eigenvalue weighted by Gasteiger charge is -2.15. The lowest BCUT2D eigenvalue weighted by molar-refractivity contribution is -0.124. The van der Waals surface area contributed by atoms with Crippen LogP contribution < -0.4 is 16.3 Å². The van der Waals surface area contributed by atoms with Gasteiger partial charge < -0.3 is 15.5 Å². The molecule has 0 fully saturated rings. The van der Waals surface area contributed by atoms with Gasteiger partial charge in [-0.1, -0.05) is 24.3 Å². The highest BCUT2D eigenvalue weighted by molar-refractivity contribution is 6.07. The van der Waals surface area contributed by atoms with E-state index in [1.54, 1.807) is 19.2 Å². The van der Waals surface area contributed by atoms with E-state index in [1.165, 1.54) is 35.5 Å². The molecule has 4 N–H and O–H groups in total. The van der Waals surface area contributed by atoms with Crippen molar-refractivity contribution >= 4 is 11.6 Å². The van der Waals surface area contributed by atoms with Gasteiger partial charge in [0.15, 0.2) is 5.78 Å². The SMILES string of the molecule is COc1ccc(CN(N)/C=C(\N)C(=O)CC(=O)Cc2ccc(F)cc2)cc1. The minimum atomic E-state index is -0.507. The molecule has 27 heavy (non-hydrogen) atoms. The molecule has 0 aliphatic heterocycles. The number of benzene rings is 2. The van der Waals surface area contributed by atoms with Crippen LogP contribution in [0.25, 0.3) is 0 Å². The van der Waals surface area contributed by atoms with Crippen LogP contribution in [-0.2, 0) is 22.6 Å². The average molecular weight is 371 g/mol. The first-order chi connectivity index (χ1) is 12.9. The third kappa shape index (κ3) is 6.56. The second-order valence-corrected chi connectivity index (χ2v) is 6.05. The van der Waals surface area contributed by atoms with Crippen LogP contribution in [0.5, 0.6) is 5.75 Å². The summed E-state index contributed by atoms with van der Waals surface area (Å²) in [6.45, 7) is 0.335. The van der Waals surface area contributed by atoms with Crippen LogP contribution in [0.15, 0.2) is 60.4 Å². The number of allylic oxidation sites excluding steroid dienone is 1. The van der Waals surface area contributed by atoms with Gasteiger partial charge in [0.05, 0.1) is 25.8 Å². The van der Waals surface area contributed by atoms with Crippen molar-refractivity contribution in [2.24, 2.45) is 11.6 Å². The first-order valence-electron chi connectivity index (χ1n) is 8.28. The number of hydrazine groups is 1. The molecular formula is C20H22FN3O3. The molecule has 0 radical (unpaired) electrons. The quantitative estimate of drug-likeness (QED) is 0.303. The van der Waals surface area contributed by atoms with Gasteiger partial charge >= 0.3 is 0 Å². The third-order valence-electron chi connectivity index (χ3n) is 3.82. The van der Waals surface area contributed by atoms with Gasteiger partial charge in [-0.3, -0.25) is 9.59 Å². The zero-order valence-electron chi connectivity index (χ0n) is 15.0. The summed E-state index contributed by atoms with van der Waals surface area (Å²) in [6.07, 6.45) is 1.01. The maximum absolute atomic E-state index is 12.9. The van der Waals surface area contributed by atoms with E-state index in [-0.39, 0.29) is 30.1 Å². The first-order valence-corrected chi connectivity index (χ1v) is 8.28. The minimum Gasteiger partial charge on any atom is -0.497 e. The zero-order chi connectivity index (χ0) is 19.8. The topological polar surface area (TPSA) is 98.7 Å². The Morgan fingerprint density at radius 1 is 1.07 bits per heavy atom. The number of Topliss-reactive ketones (excluding diaryl/α,β-unsaturated/α-hetero) is 2. The monoisotopic (exact) mass is 371 g/mol. The molecule has 0 aliphatic rings. The average Bonchev–Trinajstić information content (AvgIpc) is 2.64. The highest BCUT2D eigenvalue weighted by Crippen LogP contribution is 2.12. The van der Waals surface area contributed by atoms with Gasteiger partial charge in [0.1, 0.15) is 17.3 Å². The summed E-state index contributed by atoms with van der Waals surface area (Å²) in [7, 11) is 1.58. The second-order valence-electron chi connectivity index (χ2n) is 6.05. The van der Waals surface area contributed by atoms with E-state index >= 15 is 0 Å². The molecule has 0 aliphatic carbocycles. The zero-order valence-corrected chi connectivity index (χ0v) is 15.0. The predicted octanol–water partition coefficient (Wildman–Crippen LogP) is 2.08. The Morgan fingerprint density at radius 2 is 1.67 bits per heavy atom. The Balaban J connectivity index is 1.88. The predicted molar refractivity (Wildman–Crippen MR) is 99.7 cm³/mol. The number of hydrogen-bond acceptors (Lipinski definition) is 6. The number of methoxy groups -OCH3 is 1. The van der Waals surface area contributed by atoms with Gasteiger partial charge in [-0.15, -0.1) is 0 Å². The van der Waals surface area contributed by atoms with Crippen molar-refractivity contribution in [3.63, 3.8) is 0 Å². The molecule has 0 saturated heterocycles. The van der Waals surface area contributed by atoms with Crippen LogP contribution in [0, 0.1) is 5.82 Å². The largest absolute Gasteiger partial charge is 0.497 e. The molecule has 0 aromatic heterocycles. The lowest BCUT2D eigenvalue weighted by Crippen LogP contribution is -2.28. The summed E-state index contributed by atoms with van der Waals surface area (Å²) in [6, 6.07) is 12.8. The summed E-state index contributed by atoms with van der Waals surface area (Å²) < 4.78 is 18.0. The number of rotatable bonds is 9. The molecule has 0 atom stereocenters. The normalized spacial score (nSPS) is 11.1. The van der Waals surface area contributed by atoms with Crippen molar-refractivity contribution in [1.29, 1.82) is 0 Å². The van der Waals surface area contributed by atoms with E-state index in [0.717, 1.165) is 11.3 Å². The Labute approximate surface area is 157 Å². The molecular weight excluding hydrogens is 349 g/mol. The van der Waals surface area contributed by atoms with E-state index in [4.69, 9.17) is 16.3 Å². The van der Waals surface area contributed by atoms with E-state index in [2.05, 4.69) is 0 Å². The number of halogens is 1. The summed E-state index contributed by atoms with van der Waals surface area (Å²) in [5.74, 6) is 5.39. The van der Waals surface area contributed by atoms with Crippen LogP contribution in [0.4, 0.5) is 4.39 Å². The fourth-order valence-electron chi connectivity index (χ4n) is 2.41. The molecule has 0 amide bonds. The molecule has 6 nitrogen and oxygen atoms in total. The van der Waals surface area contributed by atoms with Crippen LogP contribution >= 0.6 is 0 Å². The van der Waals surface area contributed by atoms with Crippen molar-refractivity contribution in [3.8, 4) is 5.75 Å². The van der Waals surface area contributed by atoms with Gasteiger partial charge in [0.25, 0.3) is 0 Å². The van der Waals surface area contributed by atoms with Crippen LogP contribution in [0.3, 0.4) is 0 Å².